The van der Waals surface area contributed by atoms with Crippen LogP contribution in [-0.4, -0.2) is 9.98 Å². The summed E-state index contributed by atoms with van der Waals surface area (Å²) < 4.78 is 0. The zero-order valence-corrected chi connectivity index (χ0v) is 10.7. The minimum Gasteiger partial charge on any atom is -0.508 e. The number of halogens is 1. The summed E-state index contributed by atoms with van der Waals surface area (Å²) in [4.78, 5) is -0.0325. The SMILES string of the molecule is C[C@@]1(Cl)C[C@@H]2C(c3ccc(O)cc3)C=C[C@H]2C1. The molecule has 0 spiro atoms. The second-order valence-corrected chi connectivity index (χ2v) is 6.56. The maximum absolute atomic E-state index is 9.33. The Bertz CT molecular complexity index is 446. The second kappa shape index (κ2) is 3.78. The van der Waals surface area contributed by atoms with Gasteiger partial charge in [0.25, 0.3) is 0 Å². The molecule has 2 heteroatoms. The summed E-state index contributed by atoms with van der Waals surface area (Å²) in [7, 11) is 0. The molecule has 90 valence electrons. The van der Waals surface area contributed by atoms with Gasteiger partial charge in [0.15, 0.2) is 0 Å². The lowest BCUT2D eigenvalue weighted by molar-refractivity contribution is 0.444. The van der Waals surface area contributed by atoms with Crippen LogP contribution in [0.1, 0.15) is 31.2 Å². The number of benzene rings is 1. The Hall–Kier alpha value is -0.950. The molecule has 0 amide bonds. The van der Waals surface area contributed by atoms with Crippen molar-refractivity contribution in [3.8, 4) is 5.75 Å². The van der Waals surface area contributed by atoms with E-state index in [1.165, 1.54) is 5.56 Å². The lowest BCUT2D eigenvalue weighted by atomic mass is 9.85. The number of hydrogen-bond donors (Lipinski definition) is 1. The Kier molecular flexibility index (Phi) is 2.48. The van der Waals surface area contributed by atoms with Gasteiger partial charge in [-0.05, 0) is 49.3 Å². The summed E-state index contributed by atoms with van der Waals surface area (Å²) in [6.45, 7) is 2.15. The van der Waals surface area contributed by atoms with Crippen LogP contribution < -0.4 is 0 Å². The Morgan fingerprint density at radius 2 is 1.88 bits per heavy atom. The zero-order valence-electron chi connectivity index (χ0n) is 9.94. The van der Waals surface area contributed by atoms with Gasteiger partial charge in [-0.25, -0.2) is 0 Å². The average molecular weight is 249 g/mol. The first kappa shape index (κ1) is 11.2. The predicted octanol–water partition coefficient (Wildman–Crippen LogP) is 4.07. The van der Waals surface area contributed by atoms with Crippen LogP contribution in [0.5, 0.6) is 5.75 Å². The van der Waals surface area contributed by atoms with Crippen molar-refractivity contribution in [2.45, 2.75) is 30.6 Å². The summed E-state index contributed by atoms with van der Waals surface area (Å²) in [6.07, 6.45) is 6.81. The van der Waals surface area contributed by atoms with E-state index in [0.29, 0.717) is 23.5 Å². The Morgan fingerprint density at radius 1 is 1.18 bits per heavy atom. The van der Waals surface area contributed by atoms with E-state index in [9.17, 15) is 5.11 Å². The molecule has 0 aromatic heterocycles. The number of rotatable bonds is 1. The first-order valence-corrected chi connectivity index (χ1v) is 6.59. The van der Waals surface area contributed by atoms with Crippen LogP contribution in [0.15, 0.2) is 36.4 Å². The number of aromatic hydroxyl groups is 1. The average Bonchev–Trinajstić information content (AvgIpc) is 2.74. The molecule has 1 nitrogen and oxygen atoms in total. The molecule has 1 aromatic carbocycles. The second-order valence-electron chi connectivity index (χ2n) is 5.65. The Morgan fingerprint density at radius 3 is 2.59 bits per heavy atom. The topological polar surface area (TPSA) is 20.2 Å². The fourth-order valence-electron chi connectivity index (χ4n) is 3.43. The van der Waals surface area contributed by atoms with Crippen LogP contribution in [0.3, 0.4) is 0 Å². The van der Waals surface area contributed by atoms with Crippen LogP contribution in [0.25, 0.3) is 0 Å². The Labute approximate surface area is 107 Å². The highest BCUT2D eigenvalue weighted by Gasteiger charge is 2.45. The van der Waals surface area contributed by atoms with Gasteiger partial charge >= 0.3 is 0 Å². The number of fused-ring (bicyclic) bond motifs is 1. The van der Waals surface area contributed by atoms with Crippen molar-refractivity contribution in [1.29, 1.82) is 0 Å². The molecule has 4 atom stereocenters. The van der Waals surface area contributed by atoms with Gasteiger partial charge in [0, 0.05) is 10.8 Å². The van der Waals surface area contributed by atoms with Crippen molar-refractivity contribution in [3.05, 3.63) is 42.0 Å². The first-order valence-electron chi connectivity index (χ1n) is 6.21. The van der Waals surface area contributed by atoms with E-state index in [2.05, 4.69) is 19.1 Å². The molecule has 3 rings (SSSR count). The molecule has 2 aliphatic rings. The van der Waals surface area contributed by atoms with Crippen LogP contribution in [0.4, 0.5) is 0 Å². The number of phenolic OH excluding ortho intramolecular Hbond substituents is 1. The predicted molar refractivity (Wildman–Crippen MR) is 70.5 cm³/mol. The van der Waals surface area contributed by atoms with E-state index < -0.39 is 0 Å². The number of allylic oxidation sites excluding steroid dienone is 2. The van der Waals surface area contributed by atoms with Gasteiger partial charge in [0.1, 0.15) is 5.75 Å². The standard InChI is InChI=1S/C15H17ClO/c1-15(16)8-11-4-7-13(14(11)9-15)10-2-5-12(17)6-3-10/h2-7,11,13-14,17H,8-9H2,1H3/t11-,13?,14-,15-/m0/s1. The highest BCUT2D eigenvalue weighted by atomic mass is 35.5. The van der Waals surface area contributed by atoms with E-state index in [1.807, 2.05) is 12.1 Å². The fraction of sp³-hybridized carbons (Fsp3) is 0.467. The zero-order chi connectivity index (χ0) is 12.0. The van der Waals surface area contributed by atoms with Crippen molar-refractivity contribution in [2.75, 3.05) is 0 Å². The van der Waals surface area contributed by atoms with Crippen molar-refractivity contribution in [2.24, 2.45) is 11.8 Å². The highest BCUT2D eigenvalue weighted by Crippen LogP contribution is 2.53. The van der Waals surface area contributed by atoms with Crippen molar-refractivity contribution >= 4 is 11.6 Å². The summed E-state index contributed by atoms with van der Waals surface area (Å²) in [6, 6.07) is 7.59. The van der Waals surface area contributed by atoms with E-state index in [0.717, 1.165) is 12.8 Å². The quantitative estimate of drug-likeness (QED) is 0.587. The largest absolute Gasteiger partial charge is 0.508 e. The van der Waals surface area contributed by atoms with Gasteiger partial charge in [-0.3, -0.25) is 0 Å². The Balaban J connectivity index is 1.86. The minimum atomic E-state index is -0.0325. The molecule has 2 aliphatic carbocycles. The normalized spacial score (nSPS) is 39.5. The summed E-state index contributed by atoms with van der Waals surface area (Å²) in [5.41, 5.74) is 1.29. The van der Waals surface area contributed by atoms with Gasteiger partial charge < -0.3 is 5.11 Å². The summed E-state index contributed by atoms with van der Waals surface area (Å²) in [5, 5.41) is 9.33. The van der Waals surface area contributed by atoms with Crippen molar-refractivity contribution in [3.63, 3.8) is 0 Å². The monoisotopic (exact) mass is 248 g/mol. The van der Waals surface area contributed by atoms with Gasteiger partial charge in [-0.15, -0.1) is 11.6 Å². The molecule has 1 N–H and O–H groups in total. The molecule has 0 heterocycles. The number of alkyl halides is 1. The van der Waals surface area contributed by atoms with Crippen LogP contribution in [0, 0.1) is 11.8 Å². The van der Waals surface area contributed by atoms with Crippen molar-refractivity contribution in [1.82, 2.24) is 0 Å². The molecule has 1 aromatic rings. The van der Waals surface area contributed by atoms with Gasteiger partial charge in [0.05, 0.1) is 0 Å². The van der Waals surface area contributed by atoms with Crippen LogP contribution in [-0.2, 0) is 0 Å². The minimum absolute atomic E-state index is 0.0325. The molecular formula is C15H17ClO. The molecule has 1 unspecified atom stereocenters. The molecule has 1 fully saturated rings. The molecule has 1 saturated carbocycles. The third-order valence-corrected chi connectivity index (χ3v) is 4.49. The van der Waals surface area contributed by atoms with E-state index in [1.54, 1.807) is 12.1 Å². The summed E-state index contributed by atoms with van der Waals surface area (Å²) >= 11 is 6.47. The lowest BCUT2D eigenvalue weighted by Gasteiger charge is -2.20. The maximum Gasteiger partial charge on any atom is 0.115 e. The molecule has 0 saturated heterocycles. The molecule has 0 radical (unpaired) electrons. The first-order chi connectivity index (χ1) is 8.05. The van der Waals surface area contributed by atoms with Gasteiger partial charge in [-0.1, -0.05) is 24.3 Å². The van der Waals surface area contributed by atoms with Crippen LogP contribution in [0.2, 0.25) is 0 Å². The van der Waals surface area contributed by atoms with Crippen LogP contribution >= 0.6 is 11.6 Å². The molecule has 17 heavy (non-hydrogen) atoms. The molecular weight excluding hydrogens is 232 g/mol. The van der Waals surface area contributed by atoms with Gasteiger partial charge in [-0.2, -0.15) is 0 Å². The van der Waals surface area contributed by atoms with Crippen molar-refractivity contribution < 1.29 is 5.11 Å². The smallest absolute Gasteiger partial charge is 0.115 e. The number of hydrogen-bond acceptors (Lipinski definition) is 1. The fourth-order valence-corrected chi connectivity index (χ4v) is 3.79. The van der Waals surface area contributed by atoms with Gasteiger partial charge in [0.2, 0.25) is 0 Å². The van der Waals surface area contributed by atoms with E-state index in [-0.39, 0.29) is 4.87 Å². The highest BCUT2D eigenvalue weighted by molar-refractivity contribution is 6.23. The van der Waals surface area contributed by atoms with E-state index >= 15 is 0 Å². The molecule has 0 aliphatic heterocycles. The maximum atomic E-state index is 9.33. The molecule has 0 bridgehead atoms. The summed E-state index contributed by atoms with van der Waals surface area (Å²) in [5.74, 6) is 2.08. The third kappa shape index (κ3) is 1.97. The third-order valence-electron chi connectivity index (χ3n) is 4.18. The van der Waals surface area contributed by atoms with E-state index in [4.69, 9.17) is 11.6 Å². The number of phenols is 1. The lowest BCUT2D eigenvalue weighted by Crippen LogP contribution is -2.13.